The van der Waals surface area contributed by atoms with E-state index in [-0.39, 0.29) is 16.7 Å². The third kappa shape index (κ3) is 4.05. The predicted molar refractivity (Wildman–Crippen MR) is 110 cm³/mol. The molecule has 0 spiro atoms. The third-order valence-corrected chi connectivity index (χ3v) is 8.66. The summed E-state index contributed by atoms with van der Waals surface area (Å²) in [4.78, 5) is 12.7. The van der Waals surface area contributed by atoms with Crippen molar-refractivity contribution in [1.82, 2.24) is 4.31 Å². The van der Waals surface area contributed by atoms with Gasteiger partial charge in [0.1, 0.15) is 17.4 Å². The molecular weight excluding hydrogens is 468 g/mol. The Kier molecular flexibility index (Phi) is 5.64. The monoisotopic (exact) mass is 486 g/mol. The summed E-state index contributed by atoms with van der Waals surface area (Å²) in [7, 11) is -3.59. The maximum absolute atomic E-state index is 12.8. The van der Waals surface area contributed by atoms with Gasteiger partial charge in [-0.1, -0.05) is 0 Å². The summed E-state index contributed by atoms with van der Waals surface area (Å²) in [5, 5.41) is 2.88. The van der Waals surface area contributed by atoms with Crippen LogP contribution >= 0.6 is 27.3 Å². The standard InChI is InChI=1S/C18H19BrN2O5S2/c19-16-5-6-17(27-16)28(23,24)21-7-1-2-12(11-21)18(22)20-13-3-4-14-15(10-13)26-9-8-25-14/h3-6,10,12H,1-2,7-9,11H2,(H,20,22). The molecule has 2 aromatic rings. The second kappa shape index (κ2) is 8.02. The quantitative estimate of drug-likeness (QED) is 0.716. The molecule has 1 unspecified atom stereocenters. The zero-order chi connectivity index (χ0) is 19.7. The van der Waals surface area contributed by atoms with Crippen molar-refractivity contribution in [3.05, 3.63) is 34.1 Å². The number of amides is 1. The highest BCUT2D eigenvalue weighted by molar-refractivity contribution is 9.11. The van der Waals surface area contributed by atoms with Crippen molar-refractivity contribution in [2.45, 2.75) is 17.1 Å². The molecular formula is C18H19BrN2O5S2. The highest BCUT2D eigenvalue weighted by Gasteiger charge is 2.34. The van der Waals surface area contributed by atoms with Crippen LogP contribution in [0.2, 0.25) is 0 Å². The number of ether oxygens (including phenoxy) is 2. The van der Waals surface area contributed by atoms with Gasteiger partial charge in [-0.25, -0.2) is 8.42 Å². The summed E-state index contributed by atoms with van der Waals surface area (Å²) >= 11 is 4.47. The molecule has 28 heavy (non-hydrogen) atoms. The van der Waals surface area contributed by atoms with Gasteiger partial charge in [0.2, 0.25) is 5.91 Å². The second-order valence-electron chi connectivity index (χ2n) is 6.61. The number of benzene rings is 1. The number of hydrogen-bond acceptors (Lipinski definition) is 6. The van der Waals surface area contributed by atoms with E-state index in [1.165, 1.54) is 15.6 Å². The number of sulfonamides is 1. The minimum atomic E-state index is -3.59. The van der Waals surface area contributed by atoms with Gasteiger partial charge >= 0.3 is 0 Å². The molecule has 1 atom stereocenters. The molecule has 1 N–H and O–H groups in total. The lowest BCUT2D eigenvalue weighted by Crippen LogP contribution is -2.43. The van der Waals surface area contributed by atoms with E-state index in [2.05, 4.69) is 21.2 Å². The molecule has 1 amide bonds. The van der Waals surface area contributed by atoms with Crippen LogP contribution in [0.4, 0.5) is 5.69 Å². The Morgan fingerprint density at radius 1 is 1.18 bits per heavy atom. The molecule has 3 heterocycles. The van der Waals surface area contributed by atoms with E-state index < -0.39 is 15.9 Å². The Morgan fingerprint density at radius 2 is 1.96 bits per heavy atom. The number of piperidine rings is 1. The molecule has 0 bridgehead atoms. The van der Waals surface area contributed by atoms with Gasteiger partial charge in [0, 0.05) is 24.8 Å². The fourth-order valence-electron chi connectivity index (χ4n) is 3.30. The van der Waals surface area contributed by atoms with Gasteiger partial charge in [-0.05, 0) is 53.0 Å². The normalized spacial score (nSPS) is 20.0. The molecule has 1 fully saturated rings. The van der Waals surface area contributed by atoms with Gasteiger partial charge in [-0.15, -0.1) is 11.3 Å². The van der Waals surface area contributed by atoms with Crippen LogP contribution in [0.25, 0.3) is 0 Å². The molecule has 2 aliphatic rings. The van der Waals surface area contributed by atoms with Crippen molar-refractivity contribution >= 4 is 48.9 Å². The smallest absolute Gasteiger partial charge is 0.252 e. The molecule has 1 saturated heterocycles. The molecule has 0 aliphatic carbocycles. The van der Waals surface area contributed by atoms with Gasteiger partial charge in [0.05, 0.1) is 9.70 Å². The van der Waals surface area contributed by atoms with Crippen LogP contribution in [0.5, 0.6) is 11.5 Å². The lowest BCUT2D eigenvalue weighted by molar-refractivity contribution is -0.120. The summed E-state index contributed by atoms with van der Waals surface area (Å²) in [5.74, 6) is 0.658. The van der Waals surface area contributed by atoms with Crippen molar-refractivity contribution in [3.63, 3.8) is 0 Å². The Hall–Kier alpha value is -1.62. The average Bonchev–Trinajstić information content (AvgIpc) is 3.15. The predicted octanol–water partition coefficient (Wildman–Crippen LogP) is 3.32. The average molecular weight is 487 g/mol. The van der Waals surface area contributed by atoms with Gasteiger partial charge < -0.3 is 14.8 Å². The van der Waals surface area contributed by atoms with E-state index in [4.69, 9.17) is 9.47 Å². The van der Waals surface area contributed by atoms with Crippen molar-refractivity contribution in [2.75, 3.05) is 31.6 Å². The molecule has 1 aromatic heterocycles. The second-order valence-corrected chi connectivity index (χ2v) is 11.2. The summed E-state index contributed by atoms with van der Waals surface area (Å²) < 4.78 is 39.2. The first kappa shape index (κ1) is 19.7. The van der Waals surface area contributed by atoms with E-state index in [1.54, 1.807) is 30.3 Å². The first-order valence-corrected chi connectivity index (χ1v) is 11.9. The van der Waals surface area contributed by atoms with E-state index in [9.17, 15) is 13.2 Å². The maximum Gasteiger partial charge on any atom is 0.252 e. The van der Waals surface area contributed by atoms with Crippen molar-refractivity contribution in [2.24, 2.45) is 5.92 Å². The van der Waals surface area contributed by atoms with Crippen LogP contribution in [0.1, 0.15) is 12.8 Å². The Labute approximate surface area is 175 Å². The largest absolute Gasteiger partial charge is 0.486 e. The Balaban J connectivity index is 1.45. The third-order valence-electron chi connectivity index (χ3n) is 4.71. The number of anilines is 1. The first-order chi connectivity index (χ1) is 13.4. The van der Waals surface area contributed by atoms with E-state index in [0.717, 1.165) is 3.79 Å². The minimum absolute atomic E-state index is 0.175. The number of carbonyl (C=O) groups excluding carboxylic acids is 1. The topological polar surface area (TPSA) is 84.9 Å². The van der Waals surface area contributed by atoms with Crippen molar-refractivity contribution in [3.8, 4) is 11.5 Å². The number of thiophene rings is 1. The molecule has 1 aromatic carbocycles. The maximum atomic E-state index is 12.8. The SMILES string of the molecule is O=C(Nc1ccc2c(c1)OCCO2)C1CCCN(S(=O)(=O)c2ccc(Br)s2)C1. The van der Waals surface area contributed by atoms with Crippen LogP contribution in [0.15, 0.2) is 38.3 Å². The molecule has 7 nitrogen and oxygen atoms in total. The van der Waals surface area contributed by atoms with Gasteiger partial charge in [0.25, 0.3) is 10.0 Å². The molecule has 2 aliphatic heterocycles. The van der Waals surface area contributed by atoms with Gasteiger partial charge in [-0.2, -0.15) is 4.31 Å². The van der Waals surface area contributed by atoms with Crippen molar-refractivity contribution < 1.29 is 22.7 Å². The van der Waals surface area contributed by atoms with Crippen LogP contribution in [-0.2, 0) is 14.8 Å². The number of rotatable bonds is 4. The highest BCUT2D eigenvalue weighted by Crippen LogP contribution is 2.34. The molecule has 10 heteroatoms. The van der Waals surface area contributed by atoms with Crippen LogP contribution in [0, 0.1) is 5.92 Å². The molecule has 4 rings (SSSR count). The summed E-state index contributed by atoms with van der Waals surface area (Å²) in [6.45, 7) is 1.57. The number of fused-ring (bicyclic) bond motifs is 1. The first-order valence-electron chi connectivity index (χ1n) is 8.89. The van der Waals surface area contributed by atoms with Gasteiger partial charge in [0.15, 0.2) is 11.5 Å². The van der Waals surface area contributed by atoms with E-state index in [0.29, 0.717) is 49.8 Å². The number of hydrogen-bond donors (Lipinski definition) is 1. The zero-order valence-corrected chi connectivity index (χ0v) is 18.1. The molecule has 0 saturated carbocycles. The lowest BCUT2D eigenvalue weighted by atomic mass is 9.98. The zero-order valence-electron chi connectivity index (χ0n) is 14.9. The highest BCUT2D eigenvalue weighted by atomic mass is 79.9. The molecule has 150 valence electrons. The Bertz CT molecular complexity index is 992. The number of nitrogens with zero attached hydrogens (tertiary/aromatic N) is 1. The number of nitrogens with one attached hydrogen (secondary N) is 1. The fourth-order valence-corrected chi connectivity index (χ4v) is 6.99. The summed E-state index contributed by atoms with van der Waals surface area (Å²) in [5.41, 5.74) is 0.608. The summed E-state index contributed by atoms with van der Waals surface area (Å²) in [6, 6.07) is 8.55. The summed E-state index contributed by atoms with van der Waals surface area (Å²) in [6.07, 6.45) is 1.29. The van der Waals surface area contributed by atoms with Crippen LogP contribution in [0.3, 0.4) is 0 Å². The van der Waals surface area contributed by atoms with Crippen LogP contribution < -0.4 is 14.8 Å². The number of carbonyl (C=O) groups is 1. The lowest BCUT2D eigenvalue weighted by Gasteiger charge is -2.30. The van der Waals surface area contributed by atoms with Gasteiger partial charge in [-0.3, -0.25) is 4.79 Å². The fraction of sp³-hybridized carbons (Fsp3) is 0.389. The Morgan fingerprint density at radius 3 is 2.71 bits per heavy atom. The van der Waals surface area contributed by atoms with Crippen molar-refractivity contribution in [1.29, 1.82) is 0 Å². The number of halogens is 1. The minimum Gasteiger partial charge on any atom is -0.486 e. The van der Waals surface area contributed by atoms with Crippen LogP contribution in [-0.4, -0.2) is 44.9 Å². The molecule has 0 radical (unpaired) electrons. The van der Waals surface area contributed by atoms with E-state index in [1.807, 2.05) is 0 Å². The van der Waals surface area contributed by atoms with E-state index >= 15 is 0 Å².